The predicted octanol–water partition coefficient (Wildman–Crippen LogP) is 2.91. The molecule has 1 aliphatic carbocycles. The Kier molecular flexibility index (Phi) is 7.58. The van der Waals surface area contributed by atoms with Crippen molar-refractivity contribution in [1.82, 2.24) is 10.6 Å². The van der Waals surface area contributed by atoms with Gasteiger partial charge in [-0.25, -0.2) is 0 Å². The minimum absolute atomic E-state index is 0. The lowest BCUT2D eigenvalue weighted by Crippen LogP contribution is -2.41. The molecule has 0 spiro atoms. The van der Waals surface area contributed by atoms with Gasteiger partial charge in [-0.05, 0) is 25.3 Å². The molecule has 1 fully saturated rings. The smallest absolute Gasteiger partial charge is 0.192 e. The van der Waals surface area contributed by atoms with Crippen LogP contribution >= 0.6 is 24.0 Å². The van der Waals surface area contributed by atoms with E-state index in [1.165, 1.54) is 24.8 Å². The Hall–Kier alpha value is -1.22. The summed E-state index contributed by atoms with van der Waals surface area (Å²) >= 11 is 0. The van der Waals surface area contributed by atoms with Gasteiger partial charge in [-0.1, -0.05) is 42.7 Å². The number of guanidine groups is 1. The lowest BCUT2D eigenvalue weighted by atomic mass is 9.64. The van der Waals surface area contributed by atoms with Crippen LogP contribution in [0.4, 0.5) is 0 Å². The van der Waals surface area contributed by atoms with Crippen LogP contribution in [0.15, 0.2) is 35.3 Å². The van der Waals surface area contributed by atoms with Crippen molar-refractivity contribution in [1.29, 1.82) is 0 Å². The summed E-state index contributed by atoms with van der Waals surface area (Å²) in [6.45, 7) is 4.22. The van der Waals surface area contributed by atoms with Gasteiger partial charge in [0.1, 0.15) is 0 Å². The first-order chi connectivity index (χ1) is 9.80. The summed E-state index contributed by atoms with van der Waals surface area (Å²) in [6, 6.07) is 10.7. The standard InChI is InChI=1S/C17H23N3.HI/c1-3-13-19-16(18-4-2)20-14-17(11-8-12-17)15-9-6-5-7-10-15;/h1,5-7,9-10H,4,8,11-14H2,2H3,(H2,18,19,20);1H. The van der Waals surface area contributed by atoms with Crippen molar-refractivity contribution in [3.63, 3.8) is 0 Å². The highest BCUT2D eigenvalue weighted by molar-refractivity contribution is 14.0. The van der Waals surface area contributed by atoms with Gasteiger partial charge >= 0.3 is 0 Å². The highest BCUT2D eigenvalue weighted by atomic mass is 127. The summed E-state index contributed by atoms with van der Waals surface area (Å²) in [5, 5.41) is 6.38. The monoisotopic (exact) mass is 397 g/mol. The number of hydrogen-bond donors (Lipinski definition) is 2. The molecular formula is C17H24IN3. The second-order valence-corrected chi connectivity index (χ2v) is 5.25. The van der Waals surface area contributed by atoms with E-state index >= 15 is 0 Å². The summed E-state index contributed by atoms with van der Waals surface area (Å²) in [7, 11) is 0. The Morgan fingerprint density at radius 3 is 2.52 bits per heavy atom. The first kappa shape index (κ1) is 17.8. The molecule has 1 aromatic rings. The van der Waals surface area contributed by atoms with E-state index in [2.05, 4.69) is 53.8 Å². The van der Waals surface area contributed by atoms with Gasteiger partial charge in [-0.3, -0.25) is 4.99 Å². The Bertz CT molecular complexity index is 487. The maximum absolute atomic E-state index is 5.29. The fourth-order valence-electron chi connectivity index (χ4n) is 2.64. The minimum atomic E-state index is 0. The van der Waals surface area contributed by atoms with Crippen molar-refractivity contribution in [2.24, 2.45) is 4.99 Å². The predicted molar refractivity (Wildman–Crippen MR) is 100 cm³/mol. The lowest BCUT2D eigenvalue weighted by Gasteiger charge is -2.41. The molecule has 3 nitrogen and oxygen atoms in total. The van der Waals surface area contributed by atoms with Crippen molar-refractivity contribution < 1.29 is 0 Å². The number of aliphatic imine (C=N–C) groups is 1. The van der Waals surface area contributed by atoms with Gasteiger partial charge in [0.15, 0.2) is 5.96 Å². The molecule has 1 aromatic carbocycles. The zero-order valence-corrected chi connectivity index (χ0v) is 14.9. The average molecular weight is 397 g/mol. The van der Waals surface area contributed by atoms with Crippen LogP contribution in [0.2, 0.25) is 0 Å². The summed E-state index contributed by atoms with van der Waals surface area (Å²) in [5.74, 6) is 3.39. The van der Waals surface area contributed by atoms with Gasteiger partial charge in [-0.2, -0.15) is 0 Å². The van der Waals surface area contributed by atoms with Gasteiger partial charge in [0.25, 0.3) is 0 Å². The number of hydrogen-bond acceptors (Lipinski definition) is 1. The molecule has 0 heterocycles. The van der Waals surface area contributed by atoms with Crippen LogP contribution in [0, 0.1) is 12.3 Å². The Labute approximate surface area is 145 Å². The van der Waals surface area contributed by atoms with Crippen LogP contribution in [0.25, 0.3) is 0 Å². The van der Waals surface area contributed by atoms with E-state index in [9.17, 15) is 0 Å². The molecule has 114 valence electrons. The summed E-state index contributed by atoms with van der Waals surface area (Å²) in [5.41, 5.74) is 1.63. The topological polar surface area (TPSA) is 36.4 Å². The Morgan fingerprint density at radius 2 is 2.00 bits per heavy atom. The fourth-order valence-corrected chi connectivity index (χ4v) is 2.64. The first-order valence-corrected chi connectivity index (χ1v) is 7.32. The normalized spacial score (nSPS) is 16.1. The van der Waals surface area contributed by atoms with Crippen molar-refractivity contribution in [3.05, 3.63) is 35.9 Å². The third-order valence-electron chi connectivity index (χ3n) is 3.94. The van der Waals surface area contributed by atoms with Crippen molar-refractivity contribution in [2.75, 3.05) is 19.6 Å². The third kappa shape index (κ3) is 4.63. The SMILES string of the molecule is C#CCNC(=NCC1(c2ccccc2)CCC1)NCC.I. The van der Waals surface area contributed by atoms with Crippen molar-refractivity contribution in [2.45, 2.75) is 31.6 Å². The Balaban J connectivity index is 0.00000220. The molecule has 4 heteroatoms. The Morgan fingerprint density at radius 1 is 1.29 bits per heavy atom. The molecule has 0 amide bonds. The van der Waals surface area contributed by atoms with Gasteiger partial charge in [-0.15, -0.1) is 30.4 Å². The largest absolute Gasteiger partial charge is 0.357 e. The molecule has 0 saturated heterocycles. The quantitative estimate of drug-likeness (QED) is 0.347. The first-order valence-electron chi connectivity index (χ1n) is 7.32. The number of nitrogens with one attached hydrogen (secondary N) is 2. The van der Waals surface area contributed by atoms with E-state index in [1.54, 1.807) is 0 Å². The molecule has 0 bridgehead atoms. The second kappa shape index (κ2) is 8.93. The second-order valence-electron chi connectivity index (χ2n) is 5.25. The molecule has 0 aromatic heterocycles. The van der Waals surface area contributed by atoms with E-state index in [4.69, 9.17) is 11.4 Å². The molecule has 0 aliphatic heterocycles. The molecule has 1 aliphatic rings. The summed E-state index contributed by atoms with van der Waals surface area (Å²) < 4.78 is 0. The molecule has 0 atom stereocenters. The van der Waals surface area contributed by atoms with Crippen molar-refractivity contribution in [3.8, 4) is 12.3 Å². The fraction of sp³-hybridized carbons (Fsp3) is 0.471. The molecular weight excluding hydrogens is 373 g/mol. The van der Waals surface area contributed by atoms with E-state index < -0.39 is 0 Å². The molecule has 0 unspecified atom stereocenters. The van der Waals surface area contributed by atoms with Crippen LogP contribution in [0.3, 0.4) is 0 Å². The van der Waals surface area contributed by atoms with Crippen molar-refractivity contribution >= 4 is 29.9 Å². The number of terminal acetylenes is 1. The van der Waals surface area contributed by atoms with Crippen LogP contribution in [-0.4, -0.2) is 25.6 Å². The third-order valence-corrected chi connectivity index (χ3v) is 3.94. The van der Waals surface area contributed by atoms with Crippen LogP contribution < -0.4 is 10.6 Å². The molecule has 2 rings (SSSR count). The average Bonchev–Trinajstić information content (AvgIpc) is 2.44. The van der Waals surface area contributed by atoms with Gasteiger partial charge in [0.2, 0.25) is 0 Å². The van der Waals surface area contributed by atoms with E-state index in [0.717, 1.165) is 19.0 Å². The zero-order valence-electron chi connectivity index (χ0n) is 12.6. The maximum Gasteiger partial charge on any atom is 0.192 e. The van der Waals surface area contributed by atoms with Crippen LogP contribution in [0.1, 0.15) is 31.7 Å². The number of halogens is 1. The molecule has 1 saturated carbocycles. The van der Waals surface area contributed by atoms with E-state index in [-0.39, 0.29) is 29.4 Å². The zero-order chi connectivity index (χ0) is 14.3. The van der Waals surface area contributed by atoms with Crippen LogP contribution in [-0.2, 0) is 5.41 Å². The van der Waals surface area contributed by atoms with E-state index in [1.807, 2.05) is 0 Å². The summed E-state index contributed by atoms with van der Waals surface area (Å²) in [4.78, 5) is 4.72. The lowest BCUT2D eigenvalue weighted by molar-refractivity contribution is 0.253. The number of rotatable bonds is 5. The van der Waals surface area contributed by atoms with Gasteiger partial charge in [0.05, 0.1) is 13.1 Å². The summed E-state index contributed by atoms with van der Waals surface area (Å²) in [6.07, 6.45) is 9.01. The van der Waals surface area contributed by atoms with Crippen LogP contribution in [0.5, 0.6) is 0 Å². The van der Waals surface area contributed by atoms with E-state index in [0.29, 0.717) is 6.54 Å². The molecule has 0 radical (unpaired) electrons. The van der Waals surface area contributed by atoms with Gasteiger partial charge < -0.3 is 10.6 Å². The number of benzene rings is 1. The molecule has 2 N–H and O–H groups in total. The maximum atomic E-state index is 5.29. The molecule has 21 heavy (non-hydrogen) atoms. The minimum Gasteiger partial charge on any atom is -0.357 e. The number of nitrogens with zero attached hydrogens (tertiary/aromatic N) is 1. The highest BCUT2D eigenvalue weighted by Crippen LogP contribution is 2.43. The van der Waals surface area contributed by atoms with Gasteiger partial charge in [0, 0.05) is 12.0 Å². The highest BCUT2D eigenvalue weighted by Gasteiger charge is 2.38.